The molecule has 0 radical (unpaired) electrons. The molecule has 2 N–H and O–H groups in total. The van der Waals surface area contributed by atoms with Gasteiger partial charge in [0.2, 0.25) is 0 Å². The van der Waals surface area contributed by atoms with Gasteiger partial charge in [0.25, 0.3) is 0 Å². The number of carbonyl (C=O) groups is 1. The maximum atomic E-state index is 11.7. The third kappa shape index (κ3) is 3.03. The van der Waals surface area contributed by atoms with Gasteiger partial charge >= 0.3 is 5.97 Å². The van der Waals surface area contributed by atoms with E-state index >= 15 is 0 Å². The minimum absolute atomic E-state index is 0.397. The number of ether oxygens (including phenoxy) is 1. The van der Waals surface area contributed by atoms with E-state index in [0.717, 1.165) is 13.0 Å². The number of nitrogens with two attached hydrogens (primary N) is 1. The summed E-state index contributed by atoms with van der Waals surface area (Å²) in [6, 6.07) is 3.22. The van der Waals surface area contributed by atoms with Gasteiger partial charge in [0.05, 0.1) is 23.4 Å². The number of hydrogen-bond donors (Lipinski definition) is 1. The summed E-state index contributed by atoms with van der Waals surface area (Å²) < 4.78 is 4.74. The molecule has 0 fully saturated rings. The van der Waals surface area contributed by atoms with E-state index in [2.05, 4.69) is 6.92 Å². The summed E-state index contributed by atoms with van der Waals surface area (Å²) in [6.07, 6.45) is 0.956. The van der Waals surface area contributed by atoms with Gasteiger partial charge < -0.3 is 15.4 Å². The molecule has 0 aliphatic heterocycles. The molecule has 5 heteroatoms. The topological polar surface area (TPSA) is 55.6 Å². The zero-order chi connectivity index (χ0) is 13.0. The van der Waals surface area contributed by atoms with Crippen LogP contribution in [-0.2, 0) is 4.74 Å². The largest absolute Gasteiger partial charge is 0.465 e. The number of anilines is 2. The number of halogens is 1. The van der Waals surface area contributed by atoms with Crippen molar-refractivity contribution in [2.45, 2.75) is 13.3 Å². The molecule has 0 atom stereocenters. The molecule has 0 unspecified atom stereocenters. The van der Waals surface area contributed by atoms with Crippen LogP contribution in [0.1, 0.15) is 23.7 Å². The van der Waals surface area contributed by atoms with Crippen LogP contribution in [0.2, 0.25) is 5.02 Å². The Morgan fingerprint density at radius 1 is 1.53 bits per heavy atom. The third-order valence-corrected chi connectivity index (χ3v) is 2.72. The Balaban J connectivity index is 3.29. The lowest BCUT2D eigenvalue weighted by molar-refractivity contribution is 0.0601. The molecule has 1 rings (SSSR count). The Hall–Kier alpha value is -1.42. The Morgan fingerprint density at radius 2 is 2.18 bits per heavy atom. The molecule has 17 heavy (non-hydrogen) atoms. The summed E-state index contributed by atoms with van der Waals surface area (Å²) in [5, 5.41) is 0.460. The number of nitrogen functional groups attached to an aromatic ring is 1. The van der Waals surface area contributed by atoms with Gasteiger partial charge in [0.1, 0.15) is 0 Å². The fourth-order valence-corrected chi connectivity index (χ4v) is 2.09. The minimum atomic E-state index is -0.433. The second-order valence-corrected chi connectivity index (χ2v) is 4.22. The highest BCUT2D eigenvalue weighted by molar-refractivity contribution is 6.34. The third-order valence-electron chi connectivity index (χ3n) is 2.43. The van der Waals surface area contributed by atoms with Gasteiger partial charge in [-0.25, -0.2) is 4.79 Å². The average Bonchev–Trinajstić information content (AvgIpc) is 2.27. The molecule has 1 aromatic carbocycles. The fourth-order valence-electron chi connectivity index (χ4n) is 1.72. The predicted octanol–water partition coefficient (Wildman–Crippen LogP) is 2.56. The molecule has 4 nitrogen and oxygen atoms in total. The number of hydrogen-bond acceptors (Lipinski definition) is 4. The summed E-state index contributed by atoms with van der Waals surface area (Å²) in [5.41, 5.74) is 7.19. The van der Waals surface area contributed by atoms with Crippen molar-refractivity contribution in [3.8, 4) is 0 Å². The second-order valence-electron chi connectivity index (χ2n) is 3.81. The van der Waals surface area contributed by atoms with Crippen LogP contribution in [0.4, 0.5) is 11.4 Å². The monoisotopic (exact) mass is 256 g/mol. The number of carbonyl (C=O) groups excluding carboxylic acids is 1. The Kier molecular flexibility index (Phi) is 4.63. The van der Waals surface area contributed by atoms with Crippen LogP contribution in [0.15, 0.2) is 12.1 Å². The maximum Gasteiger partial charge on any atom is 0.340 e. The van der Waals surface area contributed by atoms with E-state index in [-0.39, 0.29) is 0 Å². The highest BCUT2D eigenvalue weighted by atomic mass is 35.5. The van der Waals surface area contributed by atoms with Crippen LogP contribution >= 0.6 is 11.6 Å². The van der Waals surface area contributed by atoms with E-state index in [9.17, 15) is 4.79 Å². The first kappa shape index (κ1) is 13.6. The Bertz CT molecular complexity index is 421. The van der Waals surface area contributed by atoms with Crippen molar-refractivity contribution in [2.24, 2.45) is 0 Å². The van der Waals surface area contributed by atoms with Crippen LogP contribution in [-0.4, -0.2) is 26.7 Å². The second kappa shape index (κ2) is 5.77. The zero-order valence-electron chi connectivity index (χ0n) is 10.3. The molecule has 1 aromatic rings. The van der Waals surface area contributed by atoms with Gasteiger partial charge in [-0.15, -0.1) is 0 Å². The molecular formula is C12H17ClN2O2. The Labute approximate surface area is 106 Å². The van der Waals surface area contributed by atoms with E-state index in [4.69, 9.17) is 22.1 Å². The molecular weight excluding hydrogens is 240 g/mol. The zero-order valence-corrected chi connectivity index (χ0v) is 11.0. The van der Waals surface area contributed by atoms with Gasteiger partial charge in [-0.1, -0.05) is 18.5 Å². The summed E-state index contributed by atoms with van der Waals surface area (Å²) in [5.74, 6) is -0.433. The van der Waals surface area contributed by atoms with Gasteiger partial charge in [-0.05, 0) is 18.6 Å². The highest BCUT2D eigenvalue weighted by Gasteiger charge is 2.18. The van der Waals surface area contributed by atoms with Crippen LogP contribution in [0.3, 0.4) is 0 Å². The molecule has 94 valence electrons. The highest BCUT2D eigenvalue weighted by Crippen LogP contribution is 2.32. The SMILES string of the molecule is CCCN(C)c1c(Cl)cc(N)cc1C(=O)OC. The number of rotatable bonds is 4. The van der Waals surface area contributed by atoms with Gasteiger partial charge in [0.15, 0.2) is 0 Å². The van der Waals surface area contributed by atoms with Crippen molar-refractivity contribution >= 4 is 28.9 Å². The van der Waals surface area contributed by atoms with Gasteiger partial charge in [-0.2, -0.15) is 0 Å². The van der Waals surface area contributed by atoms with Crippen molar-refractivity contribution in [1.29, 1.82) is 0 Å². The molecule has 0 heterocycles. The van der Waals surface area contributed by atoms with Crippen molar-refractivity contribution in [2.75, 3.05) is 31.3 Å². The molecule has 0 aliphatic rings. The summed E-state index contributed by atoms with van der Waals surface area (Å²) in [7, 11) is 3.22. The van der Waals surface area contributed by atoms with E-state index in [1.165, 1.54) is 7.11 Å². The molecule has 0 aliphatic carbocycles. The molecule has 0 bridgehead atoms. The predicted molar refractivity (Wildman–Crippen MR) is 70.8 cm³/mol. The lowest BCUT2D eigenvalue weighted by atomic mass is 10.1. The first-order valence-electron chi connectivity index (χ1n) is 5.39. The number of esters is 1. The molecule has 0 saturated carbocycles. The van der Waals surface area contributed by atoms with Crippen LogP contribution in [0.25, 0.3) is 0 Å². The minimum Gasteiger partial charge on any atom is -0.465 e. The summed E-state index contributed by atoms with van der Waals surface area (Å²) >= 11 is 6.14. The fraction of sp³-hybridized carbons (Fsp3) is 0.417. The van der Waals surface area contributed by atoms with E-state index in [0.29, 0.717) is 22.0 Å². The van der Waals surface area contributed by atoms with Crippen molar-refractivity contribution in [1.82, 2.24) is 0 Å². The van der Waals surface area contributed by atoms with Crippen molar-refractivity contribution in [3.05, 3.63) is 22.7 Å². The summed E-state index contributed by atoms with van der Waals surface area (Å²) in [6.45, 7) is 2.85. The summed E-state index contributed by atoms with van der Waals surface area (Å²) in [4.78, 5) is 13.6. The number of benzene rings is 1. The van der Waals surface area contributed by atoms with E-state index in [1.807, 2.05) is 11.9 Å². The molecule has 0 amide bonds. The smallest absolute Gasteiger partial charge is 0.340 e. The Morgan fingerprint density at radius 3 is 2.71 bits per heavy atom. The lowest BCUT2D eigenvalue weighted by Gasteiger charge is -2.22. The van der Waals surface area contributed by atoms with Crippen molar-refractivity contribution < 1.29 is 9.53 Å². The van der Waals surface area contributed by atoms with Gasteiger partial charge in [0, 0.05) is 19.3 Å². The lowest BCUT2D eigenvalue weighted by Crippen LogP contribution is -2.21. The molecule has 0 aromatic heterocycles. The average molecular weight is 257 g/mol. The van der Waals surface area contributed by atoms with Crippen LogP contribution < -0.4 is 10.6 Å². The maximum absolute atomic E-state index is 11.7. The number of methoxy groups -OCH3 is 1. The first-order valence-corrected chi connectivity index (χ1v) is 5.77. The molecule has 0 saturated heterocycles. The van der Waals surface area contributed by atoms with Crippen molar-refractivity contribution in [3.63, 3.8) is 0 Å². The van der Waals surface area contributed by atoms with Gasteiger partial charge in [-0.3, -0.25) is 0 Å². The molecule has 0 spiro atoms. The first-order chi connectivity index (χ1) is 8.01. The number of nitrogens with zero attached hydrogens (tertiary/aromatic N) is 1. The standard InChI is InChI=1S/C12H17ClN2O2/c1-4-5-15(2)11-9(12(16)17-3)6-8(14)7-10(11)13/h6-7H,4-5,14H2,1-3H3. The van der Waals surface area contributed by atoms with Crippen LogP contribution in [0, 0.1) is 0 Å². The van der Waals surface area contributed by atoms with E-state index < -0.39 is 5.97 Å². The van der Waals surface area contributed by atoms with Crippen LogP contribution in [0.5, 0.6) is 0 Å². The van der Waals surface area contributed by atoms with E-state index in [1.54, 1.807) is 12.1 Å². The normalized spacial score (nSPS) is 10.1. The quantitative estimate of drug-likeness (QED) is 0.665.